The highest BCUT2D eigenvalue weighted by Gasteiger charge is 2.15. The number of ether oxygens (including phenoxy) is 1. The maximum absolute atomic E-state index is 6.05. The number of fused-ring (bicyclic) bond motifs is 2. The molecule has 0 saturated carbocycles. The number of hydrogen-bond acceptors (Lipinski definition) is 4. The Morgan fingerprint density at radius 2 is 2.19 bits per heavy atom. The number of benzene rings is 1. The summed E-state index contributed by atoms with van der Waals surface area (Å²) in [5.41, 5.74) is 1.75. The van der Waals surface area contributed by atoms with Gasteiger partial charge in [-0.3, -0.25) is 9.38 Å². The Hall–Kier alpha value is -2.11. The maximum Gasteiger partial charge on any atom is 0.243 e. The Balaban J connectivity index is 1.84. The molecule has 0 N–H and O–H groups in total. The summed E-state index contributed by atoms with van der Waals surface area (Å²) >= 11 is 7.60. The molecule has 0 amide bonds. The van der Waals surface area contributed by atoms with Crippen LogP contribution in [0.2, 0.25) is 0 Å². The first kappa shape index (κ1) is 12.6. The van der Waals surface area contributed by atoms with E-state index in [1.807, 2.05) is 46.3 Å². The molecule has 0 atom stereocenters. The van der Waals surface area contributed by atoms with Crippen LogP contribution in [0.25, 0.3) is 15.9 Å². The van der Waals surface area contributed by atoms with E-state index in [0.717, 1.165) is 27.3 Å². The minimum absolute atomic E-state index is 0.344. The zero-order valence-electron chi connectivity index (χ0n) is 10.9. The predicted octanol–water partition coefficient (Wildman–Crippen LogP) is 4.48. The Morgan fingerprint density at radius 3 is 3.10 bits per heavy atom. The number of thiazole rings is 1. The molecule has 0 fully saturated rings. The molecule has 0 spiro atoms. The molecule has 0 aliphatic carbocycles. The third kappa shape index (κ3) is 2.05. The van der Waals surface area contributed by atoms with Gasteiger partial charge in [0, 0.05) is 23.2 Å². The molecule has 0 aliphatic rings. The van der Waals surface area contributed by atoms with Crippen molar-refractivity contribution in [3.63, 3.8) is 0 Å². The number of imidazole rings is 1. The van der Waals surface area contributed by atoms with Gasteiger partial charge in [-0.15, -0.1) is 22.9 Å². The van der Waals surface area contributed by atoms with E-state index in [2.05, 4.69) is 9.97 Å². The van der Waals surface area contributed by atoms with Crippen LogP contribution >= 0.6 is 22.9 Å². The van der Waals surface area contributed by atoms with Crippen molar-refractivity contribution in [3.8, 4) is 11.6 Å². The van der Waals surface area contributed by atoms with Gasteiger partial charge in [-0.1, -0.05) is 6.07 Å². The standard InChI is InChI=1S/C15H10ClN3OS/c16-9-12-14(18-15-19(12)7-8-21-15)20-13-5-1-4-11-10(13)3-2-6-17-11/h1-8H,9H2. The zero-order chi connectivity index (χ0) is 14.2. The largest absolute Gasteiger partial charge is 0.436 e. The van der Waals surface area contributed by atoms with Crippen molar-refractivity contribution in [2.24, 2.45) is 0 Å². The molecule has 4 aromatic rings. The lowest BCUT2D eigenvalue weighted by Gasteiger charge is -2.07. The summed E-state index contributed by atoms with van der Waals surface area (Å²) in [6, 6.07) is 9.66. The lowest BCUT2D eigenvalue weighted by molar-refractivity contribution is 0.466. The van der Waals surface area contributed by atoms with Crippen LogP contribution in [0.5, 0.6) is 11.6 Å². The average Bonchev–Trinajstić information content (AvgIpc) is 3.08. The van der Waals surface area contributed by atoms with Crippen LogP contribution in [0.15, 0.2) is 48.1 Å². The molecule has 4 rings (SSSR count). The first-order valence-electron chi connectivity index (χ1n) is 6.39. The van der Waals surface area contributed by atoms with Crippen LogP contribution in [0.4, 0.5) is 0 Å². The van der Waals surface area contributed by atoms with E-state index in [4.69, 9.17) is 16.3 Å². The monoisotopic (exact) mass is 315 g/mol. The lowest BCUT2D eigenvalue weighted by Crippen LogP contribution is -1.92. The summed E-state index contributed by atoms with van der Waals surface area (Å²) in [6.07, 6.45) is 3.71. The summed E-state index contributed by atoms with van der Waals surface area (Å²) in [5, 5.41) is 2.93. The Morgan fingerprint density at radius 1 is 1.24 bits per heavy atom. The minimum atomic E-state index is 0.344. The van der Waals surface area contributed by atoms with Gasteiger partial charge in [0.1, 0.15) is 11.4 Å². The van der Waals surface area contributed by atoms with Gasteiger partial charge < -0.3 is 4.74 Å². The number of halogens is 1. The van der Waals surface area contributed by atoms with E-state index < -0.39 is 0 Å². The number of pyridine rings is 1. The molecule has 0 aliphatic heterocycles. The fourth-order valence-electron chi connectivity index (χ4n) is 2.28. The quantitative estimate of drug-likeness (QED) is 0.523. The molecule has 0 unspecified atom stereocenters. The third-order valence-corrected chi connectivity index (χ3v) is 4.27. The Kier molecular flexibility index (Phi) is 3.02. The molecule has 104 valence electrons. The van der Waals surface area contributed by atoms with E-state index in [1.165, 1.54) is 0 Å². The summed E-state index contributed by atoms with van der Waals surface area (Å²) in [6.45, 7) is 0. The first-order chi connectivity index (χ1) is 10.4. The van der Waals surface area contributed by atoms with Gasteiger partial charge in [-0.2, -0.15) is 4.98 Å². The van der Waals surface area contributed by atoms with Gasteiger partial charge in [0.15, 0.2) is 4.96 Å². The number of alkyl halides is 1. The molecule has 3 aromatic heterocycles. The highest BCUT2D eigenvalue weighted by Crippen LogP contribution is 2.32. The smallest absolute Gasteiger partial charge is 0.243 e. The second kappa shape index (κ2) is 5.02. The average molecular weight is 316 g/mol. The molecule has 0 radical (unpaired) electrons. The number of nitrogens with zero attached hydrogens (tertiary/aromatic N) is 3. The second-order valence-electron chi connectivity index (χ2n) is 4.48. The minimum Gasteiger partial charge on any atom is -0.436 e. The lowest BCUT2D eigenvalue weighted by atomic mass is 10.2. The normalized spacial score (nSPS) is 11.3. The SMILES string of the molecule is ClCc1c(Oc2cccc3ncccc23)nc2sccn12. The fourth-order valence-corrected chi connectivity index (χ4v) is 3.25. The van der Waals surface area contributed by atoms with Gasteiger partial charge in [0.2, 0.25) is 5.88 Å². The Bertz CT molecular complexity index is 926. The second-order valence-corrected chi connectivity index (χ2v) is 5.62. The third-order valence-electron chi connectivity index (χ3n) is 3.26. The van der Waals surface area contributed by atoms with Gasteiger partial charge in [-0.25, -0.2) is 0 Å². The molecule has 1 aromatic carbocycles. The van der Waals surface area contributed by atoms with Crippen molar-refractivity contribution in [3.05, 3.63) is 53.8 Å². The summed E-state index contributed by atoms with van der Waals surface area (Å²) in [4.78, 5) is 9.70. The molecule has 4 nitrogen and oxygen atoms in total. The zero-order valence-corrected chi connectivity index (χ0v) is 12.4. The van der Waals surface area contributed by atoms with Crippen LogP contribution in [-0.2, 0) is 5.88 Å². The highest BCUT2D eigenvalue weighted by atomic mass is 35.5. The van der Waals surface area contributed by atoms with E-state index in [-0.39, 0.29) is 0 Å². The van der Waals surface area contributed by atoms with Gasteiger partial charge >= 0.3 is 0 Å². The topological polar surface area (TPSA) is 39.4 Å². The van der Waals surface area contributed by atoms with E-state index >= 15 is 0 Å². The van der Waals surface area contributed by atoms with Crippen molar-refractivity contribution in [1.29, 1.82) is 0 Å². The highest BCUT2D eigenvalue weighted by molar-refractivity contribution is 7.15. The Labute approximate surface area is 129 Å². The van der Waals surface area contributed by atoms with Gasteiger partial charge in [-0.05, 0) is 24.3 Å². The van der Waals surface area contributed by atoms with Crippen molar-refractivity contribution in [2.45, 2.75) is 5.88 Å². The van der Waals surface area contributed by atoms with Crippen LogP contribution < -0.4 is 4.74 Å². The summed E-state index contributed by atoms with van der Waals surface area (Å²) < 4.78 is 7.96. The predicted molar refractivity (Wildman–Crippen MR) is 84.4 cm³/mol. The summed E-state index contributed by atoms with van der Waals surface area (Å²) in [7, 11) is 0. The number of aromatic nitrogens is 3. The number of rotatable bonds is 3. The van der Waals surface area contributed by atoms with Crippen molar-refractivity contribution >= 4 is 38.8 Å². The fraction of sp³-hybridized carbons (Fsp3) is 0.0667. The first-order valence-corrected chi connectivity index (χ1v) is 7.80. The van der Waals surface area contributed by atoms with Crippen LogP contribution in [0.1, 0.15) is 5.69 Å². The molecule has 21 heavy (non-hydrogen) atoms. The van der Waals surface area contributed by atoms with Crippen LogP contribution in [0.3, 0.4) is 0 Å². The molecule has 3 heterocycles. The maximum atomic E-state index is 6.05. The van der Waals surface area contributed by atoms with Crippen molar-refractivity contribution in [1.82, 2.24) is 14.4 Å². The van der Waals surface area contributed by atoms with Crippen LogP contribution in [0, 0.1) is 0 Å². The molecule has 0 bridgehead atoms. The molecule has 6 heteroatoms. The van der Waals surface area contributed by atoms with E-state index in [1.54, 1.807) is 17.5 Å². The van der Waals surface area contributed by atoms with Crippen molar-refractivity contribution in [2.75, 3.05) is 0 Å². The molecule has 0 saturated heterocycles. The number of hydrogen-bond donors (Lipinski definition) is 0. The van der Waals surface area contributed by atoms with Gasteiger partial charge in [0.25, 0.3) is 0 Å². The van der Waals surface area contributed by atoms with Crippen LogP contribution in [-0.4, -0.2) is 14.4 Å². The molecular weight excluding hydrogens is 306 g/mol. The van der Waals surface area contributed by atoms with Gasteiger partial charge in [0.05, 0.1) is 11.4 Å². The summed E-state index contributed by atoms with van der Waals surface area (Å²) in [5.74, 6) is 1.63. The molecular formula is C15H10ClN3OS. The van der Waals surface area contributed by atoms with E-state index in [0.29, 0.717) is 11.8 Å². The van der Waals surface area contributed by atoms with Crippen molar-refractivity contribution < 1.29 is 4.74 Å². The van der Waals surface area contributed by atoms with E-state index in [9.17, 15) is 0 Å².